The number of methoxy groups -OCH3 is 3. The first-order valence-electron chi connectivity index (χ1n) is 8.05. The molecule has 8 heteroatoms. The Balaban J connectivity index is 0.00000338. The first-order valence-corrected chi connectivity index (χ1v) is 8.93. The van der Waals surface area contributed by atoms with Crippen LogP contribution in [-0.2, 0) is 13.1 Å². The first kappa shape index (κ1) is 22.4. The number of guanidine groups is 1. The highest BCUT2D eigenvalue weighted by Crippen LogP contribution is 2.39. The molecule has 0 bridgehead atoms. The number of nitrogens with zero attached hydrogens (tertiary/aromatic N) is 1. The van der Waals surface area contributed by atoms with E-state index in [0.717, 1.165) is 24.6 Å². The van der Waals surface area contributed by atoms with E-state index in [-0.39, 0.29) is 24.0 Å². The van der Waals surface area contributed by atoms with Crippen molar-refractivity contribution in [3.8, 4) is 17.2 Å². The van der Waals surface area contributed by atoms with E-state index in [1.54, 1.807) is 32.7 Å². The summed E-state index contributed by atoms with van der Waals surface area (Å²) in [5.74, 6) is 2.61. The van der Waals surface area contributed by atoms with Crippen molar-refractivity contribution >= 4 is 41.3 Å². The van der Waals surface area contributed by atoms with Gasteiger partial charge in [-0.15, -0.1) is 35.3 Å². The molecule has 2 aromatic rings. The second-order valence-electron chi connectivity index (χ2n) is 5.12. The van der Waals surface area contributed by atoms with Crippen LogP contribution in [0.25, 0.3) is 0 Å². The van der Waals surface area contributed by atoms with Gasteiger partial charge in [0.05, 0.1) is 34.4 Å². The fourth-order valence-electron chi connectivity index (χ4n) is 2.38. The molecular formula is C18H26IN3O3S. The van der Waals surface area contributed by atoms with E-state index in [9.17, 15) is 0 Å². The van der Waals surface area contributed by atoms with Crippen LogP contribution >= 0.6 is 35.3 Å². The van der Waals surface area contributed by atoms with Gasteiger partial charge in [0, 0.05) is 17.0 Å². The molecule has 0 saturated carbocycles. The van der Waals surface area contributed by atoms with E-state index in [1.807, 2.05) is 25.1 Å². The number of hydrogen-bond donors (Lipinski definition) is 2. The maximum atomic E-state index is 5.51. The zero-order chi connectivity index (χ0) is 18.1. The standard InChI is InChI=1S/C18H25N3O3S.HI/c1-5-19-18(21-12-14-7-6-10-25-14)20-11-13-8-9-15(22-2)17(24-4)16(13)23-3;/h6-10H,5,11-12H2,1-4H3,(H2,19,20,21);1H. The number of rotatable bonds is 8. The number of halogens is 1. The highest BCUT2D eigenvalue weighted by molar-refractivity contribution is 14.0. The van der Waals surface area contributed by atoms with Crippen LogP contribution in [-0.4, -0.2) is 33.8 Å². The van der Waals surface area contributed by atoms with Crippen LogP contribution in [0.4, 0.5) is 0 Å². The van der Waals surface area contributed by atoms with E-state index >= 15 is 0 Å². The molecule has 0 atom stereocenters. The third kappa shape index (κ3) is 5.94. The Morgan fingerprint density at radius 2 is 1.81 bits per heavy atom. The summed E-state index contributed by atoms with van der Waals surface area (Å²) in [6.07, 6.45) is 0. The molecule has 0 fully saturated rings. The largest absolute Gasteiger partial charge is 0.493 e. The monoisotopic (exact) mass is 491 g/mol. The molecule has 0 saturated heterocycles. The molecule has 0 spiro atoms. The number of ether oxygens (including phenoxy) is 3. The van der Waals surface area contributed by atoms with Gasteiger partial charge in [-0.05, 0) is 30.5 Å². The third-order valence-corrected chi connectivity index (χ3v) is 4.42. The number of benzene rings is 1. The highest BCUT2D eigenvalue weighted by Gasteiger charge is 2.15. The fraction of sp³-hybridized carbons (Fsp3) is 0.389. The molecule has 1 aromatic carbocycles. The smallest absolute Gasteiger partial charge is 0.203 e. The van der Waals surface area contributed by atoms with Gasteiger partial charge >= 0.3 is 0 Å². The lowest BCUT2D eigenvalue weighted by Gasteiger charge is -2.15. The van der Waals surface area contributed by atoms with Gasteiger partial charge in [0.2, 0.25) is 5.75 Å². The van der Waals surface area contributed by atoms with E-state index in [4.69, 9.17) is 14.2 Å². The molecule has 0 unspecified atom stereocenters. The van der Waals surface area contributed by atoms with Crippen LogP contribution in [0, 0.1) is 0 Å². The van der Waals surface area contributed by atoms with Gasteiger partial charge < -0.3 is 24.8 Å². The topological polar surface area (TPSA) is 64.1 Å². The summed E-state index contributed by atoms with van der Waals surface area (Å²) in [5.41, 5.74) is 0.925. The number of aliphatic imine (C=N–C) groups is 1. The number of nitrogens with one attached hydrogen (secondary N) is 2. The van der Waals surface area contributed by atoms with Crippen molar-refractivity contribution in [1.82, 2.24) is 10.6 Å². The Labute approximate surface area is 176 Å². The summed E-state index contributed by atoms with van der Waals surface area (Å²) < 4.78 is 16.2. The van der Waals surface area contributed by atoms with Crippen molar-refractivity contribution in [1.29, 1.82) is 0 Å². The second kappa shape index (κ2) is 11.8. The molecule has 0 radical (unpaired) electrons. The normalized spacial score (nSPS) is 10.7. The molecule has 1 heterocycles. The Morgan fingerprint density at radius 1 is 1.04 bits per heavy atom. The minimum Gasteiger partial charge on any atom is -0.493 e. The van der Waals surface area contributed by atoms with Crippen LogP contribution in [0.5, 0.6) is 17.2 Å². The van der Waals surface area contributed by atoms with E-state index in [1.165, 1.54) is 4.88 Å². The van der Waals surface area contributed by atoms with Gasteiger partial charge in [-0.1, -0.05) is 6.07 Å². The fourth-order valence-corrected chi connectivity index (χ4v) is 3.02. The van der Waals surface area contributed by atoms with Crippen molar-refractivity contribution in [2.24, 2.45) is 4.99 Å². The molecule has 2 rings (SSSR count). The molecule has 144 valence electrons. The van der Waals surface area contributed by atoms with Gasteiger partial charge in [-0.3, -0.25) is 0 Å². The zero-order valence-electron chi connectivity index (χ0n) is 15.5. The van der Waals surface area contributed by atoms with Crippen molar-refractivity contribution in [2.45, 2.75) is 20.0 Å². The van der Waals surface area contributed by atoms with Gasteiger partial charge in [0.25, 0.3) is 0 Å². The van der Waals surface area contributed by atoms with E-state index < -0.39 is 0 Å². The first-order chi connectivity index (χ1) is 12.2. The Bertz CT molecular complexity index is 693. The molecule has 0 aliphatic carbocycles. The van der Waals surface area contributed by atoms with Crippen molar-refractivity contribution < 1.29 is 14.2 Å². The van der Waals surface area contributed by atoms with Crippen molar-refractivity contribution in [2.75, 3.05) is 27.9 Å². The second-order valence-corrected chi connectivity index (χ2v) is 6.15. The molecule has 2 N–H and O–H groups in total. The average Bonchev–Trinajstić information content (AvgIpc) is 3.16. The zero-order valence-corrected chi connectivity index (χ0v) is 18.6. The lowest BCUT2D eigenvalue weighted by molar-refractivity contribution is 0.322. The maximum absolute atomic E-state index is 5.51. The van der Waals surface area contributed by atoms with Crippen molar-refractivity contribution in [3.05, 3.63) is 40.1 Å². The Morgan fingerprint density at radius 3 is 2.38 bits per heavy atom. The van der Waals surface area contributed by atoms with Crippen LogP contribution < -0.4 is 24.8 Å². The van der Waals surface area contributed by atoms with Crippen LogP contribution in [0.3, 0.4) is 0 Å². The number of thiophene rings is 1. The highest BCUT2D eigenvalue weighted by atomic mass is 127. The van der Waals surface area contributed by atoms with E-state index in [2.05, 4.69) is 27.1 Å². The van der Waals surface area contributed by atoms with Gasteiger partial charge in [-0.25, -0.2) is 4.99 Å². The molecule has 0 aliphatic heterocycles. The summed E-state index contributed by atoms with van der Waals surface area (Å²) in [6.45, 7) is 4.04. The average molecular weight is 491 g/mol. The van der Waals surface area contributed by atoms with Crippen LogP contribution in [0.2, 0.25) is 0 Å². The van der Waals surface area contributed by atoms with Gasteiger partial charge in [0.15, 0.2) is 17.5 Å². The minimum atomic E-state index is 0. The lowest BCUT2D eigenvalue weighted by atomic mass is 10.1. The predicted octanol–water partition coefficient (Wildman–Crippen LogP) is 3.65. The summed E-state index contributed by atoms with van der Waals surface area (Å²) in [6, 6.07) is 7.93. The molecule has 0 aliphatic rings. The predicted molar refractivity (Wildman–Crippen MR) is 117 cm³/mol. The molecule has 26 heavy (non-hydrogen) atoms. The summed E-state index contributed by atoms with van der Waals surface area (Å²) in [4.78, 5) is 5.90. The summed E-state index contributed by atoms with van der Waals surface area (Å²) >= 11 is 1.72. The van der Waals surface area contributed by atoms with Gasteiger partial charge in [-0.2, -0.15) is 0 Å². The number of hydrogen-bond acceptors (Lipinski definition) is 5. The Hall–Kier alpha value is -1.68. The van der Waals surface area contributed by atoms with Crippen LogP contribution in [0.15, 0.2) is 34.6 Å². The molecular weight excluding hydrogens is 465 g/mol. The maximum Gasteiger partial charge on any atom is 0.203 e. The lowest BCUT2D eigenvalue weighted by Crippen LogP contribution is -2.36. The summed E-state index contributed by atoms with van der Waals surface area (Å²) in [5, 5.41) is 8.65. The minimum absolute atomic E-state index is 0. The van der Waals surface area contributed by atoms with E-state index in [0.29, 0.717) is 23.8 Å². The quantitative estimate of drug-likeness (QED) is 0.336. The van der Waals surface area contributed by atoms with Crippen molar-refractivity contribution in [3.63, 3.8) is 0 Å². The Kier molecular flexibility index (Phi) is 10.2. The molecule has 6 nitrogen and oxygen atoms in total. The molecule has 1 aromatic heterocycles. The van der Waals surface area contributed by atoms with Gasteiger partial charge in [0.1, 0.15) is 0 Å². The summed E-state index contributed by atoms with van der Waals surface area (Å²) in [7, 11) is 4.82. The SMILES string of the molecule is CCNC(=NCc1ccc(OC)c(OC)c1OC)NCc1cccs1.I. The third-order valence-electron chi connectivity index (χ3n) is 3.55. The molecule has 0 amide bonds. The van der Waals surface area contributed by atoms with Crippen LogP contribution in [0.1, 0.15) is 17.4 Å².